The molecule has 3 aromatic carbocycles. The lowest BCUT2D eigenvalue weighted by molar-refractivity contribution is -0.0107. The molecule has 0 bridgehead atoms. The van der Waals surface area contributed by atoms with Gasteiger partial charge in [-0.2, -0.15) is 0 Å². The molecule has 0 aliphatic heterocycles. The molecule has 0 aliphatic rings. The molecule has 0 heterocycles. The summed E-state index contributed by atoms with van der Waals surface area (Å²) in [5.74, 6) is -0.227. The molecule has 3 aromatic rings. The average Bonchev–Trinajstić information content (AvgIpc) is 2.72. The van der Waals surface area contributed by atoms with Crippen LogP contribution >= 0.6 is 0 Å². The zero-order valence-corrected chi connectivity index (χ0v) is 18.2. The Labute approximate surface area is 169 Å². The predicted molar refractivity (Wildman–Crippen MR) is 119 cm³/mol. The van der Waals surface area contributed by atoms with Crippen molar-refractivity contribution in [3.05, 3.63) is 108 Å². The van der Waals surface area contributed by atoms with Gasteiger partial charge < -0.3 is 9.84 Å². The molecule has 3 unspecified atom stereocenters. The van der Waals surface area contributed by atoms with E-state index in [2.05, 4.69) is 43.9 Å². The summed E-state index contributed by atoms with van der Waals surface area (Å²) in [6.07, 6.45) is -0.263. The maximum Gasteiger partial charge on any atom is 0.0917 e. The Morgan fingerprint density at radius 1 is 0.714 bits per heavy atom. The molecule has 146 valence electrons. The minimum absolute atomic E-state index is 0.227. The number of ether oxygens (including phenoxy) is 1. The minimum Gasteiger partial charge on any atom is -0.388 e. The van der Waals surface area contributed by atoms with Crippen molar-refractivity contribution in [2.24, 2.45) is 0 Å². The minimum atomic E-state index is -2.13. The smallest absolute Gasteiger partial charge is 0.0917 e. The number of hydrogen-bond acceptors (Lipinski definition) is 2. The summed E-state index contributed by atoms with van der Waals surface area (Å²) < 4.78 is 6.08. The van der Waals surface area contributed by atoms with Crippen molar-refractivity contribution >= 4 is 8.07 Å². The fourth-order valence-corrected chi connectivity index (χ4v) is 6.46. The van der Waals surface area contributed by atoms with Crippen LogP contribution in [0.3, 0.4) is 0 Å². The summed E-state index contributed by atoms with van der Waals surface area (Å²) in [7, 11) is -0.395. The van der Waals surface area contributed by atoms with Crippen LogP contribution in [0.15, 0.2) is 91.0 Å². The molecule has 0 saturated carbocycles. The third-order valence-electron chi connectivity index (χ3n) is 5.65. The normalized spacial score (nSPS) is 16.2. The van der Waals surface area contributed by atoms with Crippen LogP contribution in [0, 0.1) is 0 Å². The highest BCUT2D eigenvalue weighted by molar-refractivity contribution is 6.78. The van der Waals surface area contributed by atoms with Crippen molar-refractivity contribution in [2.75, 3.05) is 7.11 Å². The first-order valence-electron chi connectivity index (χ1n) is 9.80. The fraction of sp³-hybridized carbons (Fsp3) is 0.280. The van der Waals surface area contributed by atoms with Gasteiger partial charge in [-0.05, 0) is 16.7 Å². The van der Waals surface area contributed by atoms with E-state index >= 15 is 0 Å². The van der Waals surface area contributed by atoms with E-state index in [1.54, 1.807) is 7.11 Å². The van der Waals surface area contributed by atoms with Crippen LogP contribution in [0.4, 0.5) is 0 Å². The number of benzene rings is 3. The molecule has 0 spiro atoms. The van der Waals surface area contributed by atoms with Crippen molar-refractivity contribution in [1.29, 1.82) is 0 Å². The van der Waals surface area contributed by atoms with Gasteiger partial charge in [0.15, 0.2) is 0 Å². The largest absolute Gasteiger partial charge is 0.388 e. The molecule has 3 rings (SSSR count). The van der Waals surface area contributed by atoms with E-state index in [0.717, 1.165) is 16.7 Å². The van der Waals surface area contributed by atoms with Gasteiger partial charge in [-0.15, -0.1) is 0 Å². The Morgan fingerprint density at radius 3 is 1.57 bits per heavy atom. The topological polar surface area (TPSA) is 29.5 Å². The molecule has 1 N–H and O–H groups in total. The summed E-state index contributed by atoms with van der Waals surface area (Å²) in [6.45, 7) is 6.69. The number of hydrogen-bond donors (Lipinski definition) is 1. The Balaban J connectivity index is 2.28. The second kappa shape index (κ2) is 8.44. The van der Waals surface area contributed by atoms with Gasteiger partial charge in [0, 0.05) is 13.0 Å². The van der Waals surface area contributed by atoms with E-state index in [0.29, 0.717) is 0 Å². The standard InChI is InChI=1S/C25H30O2Si/c1-27-24(21-16-10-6-11-17-21)23(20-14-8-5-9-15-20)25(26,28(2,3)4)22-18-12-7-13-19-22/h5-19,23-24,26H,1-4H3. The maximum atomic E-state index is 12.5. The number of rotatable bonds is 7. The number of aliphatic hydroxyl groups is 1. The lowest BCUT2D eigenvalue weighted by Crippen LogP contribution is -2.55. The van der Waals surface area contributed by atoms with Crippen molar-refractivity contribution in [1.82, 2.24) is 0 Å². The summed E-state index contributed by atoms with van der Waals surface area (Å²) >= 11 is 0. The van der Waals surface area contributed by atoms with E-state index in [4.69, 9.17) is 4.74 Å². The van der Waals surface area contributed by atoms with Crippen LogP contribution in [0.2, 0.25) is 19.6 Å². The highest BCUT2D eigenvalue weighted by atomic mass is 28.3. The first-order chi connectivity index (χ1) is 13.4. The van der Waals surface area contributed by atoms with Gasteiger partial charge in [0.05, 0.1) is 19.4 Å². The molecule has 0 aromatic heterocycles. The quantitative estimate of drug-likeness (QED) is 0.507. The van der Waals surface area contributed by atoms with Crippen molar-refractivity contribution in [3.63, 3.8) is 0 Å². The zero-order chi connectivity index (χ0) is 20.2. The summed E-state index contributed by atoms with van der Waals surface area (Å²) in [5, 5.41) is 11.5. The second-order valence-corrected chi connectivity index (χ2v) is 13.6. The molecular weight excluding hydrogens is 360 g/mol. The summed E-state index contributed by atoms with van der Waals surface area (Å²) in [4.78, 5) is 0. The van der Waals surface area contributed by atoms with E-state index in [-0.39, 0.29) is 12.0 Å². The van der Waals surface area contributed by atoms with Crippen molar-refractivity contribution < 1.29 is 9.84 Å². The molecule has 0 fully saturated rings. The van der Waals surface area contributed by atoms with Crippen LogP contribution in [-0.2, 0) is 9.96 Å². The van der Waals surface area contributed by atoms with Crippen LogP contribution in [0.25, 0.3) is 0 Å². The van der Waals surface area contributed by atoms with Crippen molar-refractivity contribution in [2.45, 2.75) is 36.9 Å². The SMILES string of the molecule is COC(c1ccccc1)C(c1ccccc1)C(O)(c1ccccc1)[Si](C)(C)C. The summed E-state index contributed by atoms with van der Waals surface area (Å²) in [5.41, 5.74) is 3.12. The zero-order valence-electron chi connectivity index (χ0n) is 17.2. The maximum absolute atomic E-state index is 12.5. The molecule has 0 radical (unpaired) electrons. The molecule has 2 nitrogen and oxygen atoms in total. The van der Waals surface area contributed by atoms with Gasteiger partial charge >= 0.3 is 0 Å². The predicted octanol–water partition coefficient (Wildman–Crippen LogP) is 5.92. The van der Waals surface area contributed by atoms with Gasteiger partial charge in [0.25, 0.3) is 0 Å². The van der Waals surface area contributed by atoms with Gasteiger partial charge in [0.2, 0.25) is 0 Å². The monoisotopic (exact) mass is 390 g/mol. The molecule has 28 heavy (non-hydrogen) atoms. The third-order valence-corrected chi connectivity index (χ3v) is 8.54. The second-order valence-electron chi connectivity index (χ2n) is 8.34. The van der Waals surface area contributed by atoms with Crippen LogP contribution < -0.4 is 0 Å². The third kappa shape index (κ3) is 3.83. The Bertz CT molecular complexity index is 859. The highest BCUT2D eigenvalue weighted by Gasteiger charge is 2.52. The van der Waals surface area contributed by atoms with E-state index in [1.807, 2.05) is 66.7 Å². The van der Waals surface area contributed by atoms with Crippen LogP contribution in [-0.4, -0.2) is 20.3 Å². The Hall–Kier alpha value is -2.20. The lowest BCUT2D eigenvalue weighted by Gasteiger charge is -2.48. The molecule has 3 atom stereocenters. The van der Waals surface area contributed by atoms with Gasteiger partial charge in [-0.1, -0.05) is 111 Å². The molecule has 3 heteroatoms. The van der Waals surface area contributed by atoms with Crippen LogP contribution in [0.5, 0.6) is 0 Å². The van der Waals surface area contributed by atoms with E-state index in [1.165, 1.54) is 0 Å². The first-order valence-corrected chi connectivity index (χ1v) is 13.3. The molecular formula is C25H30O2Si. The summed E-state index contributed by atoms with van der Waals surface area (Å²) in [6, 6.07) is 30.6. The Morgan fingerprint density at radius 2 is 1.14 bits per heavy atom. The van der Waals surface area contributed by atoms with E-state index in [9.17, 15) is 5.11 Å². The molecule has 0 amide bonds. The van der Waals surface area contributed by atoms with Crippen LogP contribution in [0.1, 0.15) is 28.7 Å². The molecule has 0 aliphatic carbocycles. The van der Waals surface area contributed by atoms with E-state index < -0.39 is 13.3 Å². The van der Waals surface area contributed by atoms with Gasteiger partial charge in [0.1, 0.15) is 0 Å². The molecule has 0 saturated heterocycles. The van der Waals surface area contributed by atoms with Crippen molar-refractivity contribution in [3.8, 4) is 0 Å². The first kappa shape index (κ1) is 20.5. The van der Waals surface area contributed by atoms with Gasteiger partial charge in [-0.25, -0.2) is 0 Å². The number of methoxy groups -OCH3 is 1. The van der Waals surface area contributed by atoms with Gasteiger partial charge in [-0.3, -0.25) is 0 Å². The lowest BCUT2D eigenvalue weighted by atomic mass is 9.81. The fourth-order valence-electron chi connectivity index (χ4n) is 4.17. The average molecular weight is 391 g/mol. The highest BCUT2D eigenvalue weighted by Crippen LogP contribution is 2.50. The Kier molecular flexibility index (Phi) is 6.19.